The number of carbonyl (C=O) groups excluding carboxylic acids is 1. The predicted molar refractivity (Wildman–Crippen MR) is 74.5 cm³/mol. The van der Waals surface area contributed by atoms with Gasteiger partial charge in [-0.05, 0) is 40.4 Å². The first kappa shape index (κ1) is 11.5. The first-order chi connectivity index (χ1) is 9.20. The Morgan fingerprint density at radius 2 is 1.63 bits per heavy atom. The van der Waals surface area contributed by atoms with E-state index in [0.29, 0.717) is 5.56 Å². The summed E-state index contributed by atoms with van der Waals surface area (Å²) in [4.78, 5) is 11.8. The molecule has 0 aliphatic heterocycles. The molecule has 0 saturated heterocycles. The van der Waals surface area contributed by atoms with Crippen molar-refractivity contribution in [3.05, 3.63) is 54.1 Å². The molecule has 94 valence electrons. The maximum atomic E-state index is 11.8. The number of carbonyl (C=O) groups is 1. The van der Waals surface area contributed by atoms with E-state index in [1.165, 1.54) is 7.11 Å². The molecule has 0 unspecified atom stereocenters. The summed E-state index contributed by atoms with van der Waals surface area (Å²) in [5, 5.41) is 13.3. The minimum Gasteiger partial charge on any atom is -0.507 e. The van der Waals surface area contributed by atoms with Crippen LogP contribution in [0.25, 0.3) is 21.5 Å². The second-order valence-electron chi connectivity index (χ2n) is 4.37. The van der Waals surface area contributed by atoms with E-state index in [4.69, 9.17) is 4.74 Å². The van der Waals surface area contributed by atoms with Crippen LogP contribution >= 0.6 is 0 Å². The predicted octanol–water partition coefficient (Wildman–Crippen LogP) is 3.49. The molecule has 0 heterocycles. The maximum absolute atomic E-state index is 11.8. The zero-order chi connectivity index (χ0) is 13.4. The first-order valence-electron chi connectivity index (χ1n) is 5.93. The highest BCUT2D eigenvalue weighted by molar-refractivity contribution is 6.09. The molecule has 0 fully saturated rings. The molecular weight excluding hydrogens is 240 g/mol. The van der Waals surface area contributed by atoms with Crippen molar-refractivity contribution < 1.29 is 14.6 Å². The summed E-state index contributed by atoms with van der Waals surface area (Å²) in [6, 6.07) is 14.6. The molecule has 1 N–H and O–H groups in total. The quantitative estimate of drug-likeness (QED) is 0.532. The lowest BCUT2D eigenvalue weighted by atomic mass is 9.99. The Morgan fingerprint density at radius 3 is 2.37 bits per heavy atom. The Labute approximate surface area is 110 Å². The maximum Gasteiger partial charge on any atom is 0.338 e. The number of hydrogen-bond donors (Lipinski definition) is 1. The van der Waals surface area contributed by atoms with Gasteiger partial charge in [-0.2, -0.15) is 0 Å². The van der Waals surface area contributed by atoms with Gasteiger partial charge in [0.15, 0.2) is 0 Å². The van der Waals surface area contributed by atoms with Crippen molar-refractivity contribution in [3.8, 4) is 5.75 Å². The Hall–Kier alpha value is -2.55. The second kappa shape index (κ2) is 4.28. The molecule has 3 aromatic rings. The van der Waals surface area contributed by atoms with E-state index in [1.54, 1.807) is 24.3 Å². The minimum absolute atomic E-state index is 0.239. The van der Waals surface area contributed by atoms with Crippen molar-refractivity contribution in [2.24, 2.45) is 0 Å². The Morgan fingerprint density at radius 1 is 1.00 bits per heavy atom. The monoisotopic (exact) mass is 252 g/mol. The Kier molecular flexibility index (Phi) is 2.60. The van der Waals surface area contributed by atoms with Crippen LogP contribution in [0.15, 0.2) is 48.5 Å². The minimum atomic E-state index is -0.356. The lowest BCUT2D eigenvalue weighted by Crippen LogP contribution is -2.01. The number of phenolic OH excluding ortho intramolecular Hbond substituents is 1. The van der Waals surface area contributed by atoms with Crippen molar-refractivity contribution in [3.63, 3.8) is 0 Å². The molecule has 3 heteroatoms. The van der Waals surface area contributed by atoms with E-state index in [0.717, 1.165) is 21.5 Å². The summed E-state index contributed by atoms with van der Waals surface area (Å²) in [6.07, 6.45) is 0. The summed E-state index contributed by atoms with van der Waals surface area (Å²) >= 11 is 0. The molecule has 0 aliphatic rings. The highest BCUT2D eigenvalue weighted by Gasteiger charge is 2.11. The van der Waals surface area contributed by atoms with Gasteiger partial charge in [0.25, 0.3) is 0 Å². The van der Waals surface area contributed by atoms with Crippen molar-refractivity contribution in [1.29, 1.82) is 0 Å². The van der Waals surface area contributed by atoms with E-state index < -0.39 is 0 Å². The third kappa shape index (κ3) is 1.80. The zero-order valence-electron chi connectivity index (χ0n) is 10.4. The largest absolute Gasteiger partial charge is 0.507 e. The molecule has 19 heavy (non-hydrogen) atoms. The average Bonchev–Trinajstić information content (AvgIpc) is 2.44. The van der Waals surface area contributed by atoms with Crippen LogP contribution in [0.4, 0.5) is 0 Å². The van der Waals surface area contributed by atoms with E-state index >= 15 is 0 Å². The van der Waals surface area contributed by atoms with Crippen LogP contribution in [0.3, 0.4) is 0 Å². The van der Waals surface area contributed by atoms with Gasteiger partial charge in [0.2, 0.25) is 0 Å². The zero-order valence-corrected chi connectivity index (χ0v) is 10.4. The third-order valence-corrected chi connectivity index (χ3v) is 3.26. The van der Waals surface area contributed by atoms with Crippen LogP contribution in [0.2, 0.25) is 0 Å². The summed E-state index contributed by atoms with van der Waals surface area (Å²) in [5.74, 6) is -0.118. The first-order valence-corrected chi connectivity index (χ1v) is 5.93. The van der Waals surface area contributed by atoms with Gasteiger partial charge in [-0.15, -0.1) is 0 Å². The average molecular weight is 252 g/mol. The Balaban J connectivity index is 2.41. The van der Waals surface area contributed by atoms with Crippen LogP contribution in [-0.4, -0.2) is 18.2 Å². The molecule has 3 rings (SSSR count). The molecule has 0 saturated carbocycles. The fourth-order valence-electron chi connectivity index (χ4n) is 2.32. The van der Waals surface area contributed by atoms with Crippen molar-refractivity contribution in [1.82, 2.24) is 0 Å². The molecule has 3 aromatic carbocycles. The fourth-order valence-corrected chi connectivity index (χ4v) is 2.32. The lowest BCUT2D eigenvalue weighted by molar-refractivity contribution is 0.0603. The SMILES string of the molecule is COC(=O)c1cccc2cc3c(O)cccc3cc12. The standard InChI is InChI=1S/C16H12O3/c1-19-16(18)12-6-2-4-10-9-14-11(8-13(10)12)5-3-7-15(14)17/h2-9,17H,1H3. The van der Waals surface area contributed by atoms with Crippen LogP contribution < -0.4 is 0 Å². The van der Waals surface area contributed by atoms with Crippen molar-refractivity contribution >= 4 is 27.5 Å². The smallest absolute Gasteiger partial charge is 0.338 e. The van der Waals surface area contributed by atoms with Crippen LogP contribution in [0.5, 0.6) is 5.75 Å². The molecule has 0 radical (unpaired) electrons. The number of esters is 1. The summed E-state index contributed by atoms with van der Waals surface area (Å²) in [6.45, 7) is 0. The third-order valence-electron chi connectivity index (χ3n) is 3.26. The number of benzene rings is 3. The number of rotatable bonds is 1. The number of hydrogen-bond acceptors (Lipinski definition) is 3. The molecule has 0 spiro atoms. The van der Waals surface area contributed by atoms with E-state index in [9.17, 15) is 9.90 Å². The van der Waals surface area contributed by atoms with Crippen molar-refractivity contribution in [2.75, 3.05) is 7.11 Å². The van der Waals surface area contributed by atoms with Gasteiger partial charge in [-0.3, -0.25) is 0 Å². The van der Waals surface area contributed by atoms with Crippen LogP contribution in [0, 0.1) is 0 Å². The van der Waals surface area contributed by atoms with Gasteiger partial charge < -0.3 is 9.84 Å². The van der Waals surface area contributed by atoms with Gasteiger partial charge in [-0.1, -0.05) is 24.3 Å². The molecule has 0 aliphatic carbocycles. The normalized spacial score (nSPS) is 10.8. The van der Waals surface area contributed by atoms with Crippen LogP contribution in [0.1, 0.15) is 10.4 Å². The second-order valence-corrected chi connectivity index (χ2v) is 4.37. The lowest BCUT2D eigenvalue weighted by Gasteiger charge is -2.07. The van der Waals surface area contributed by atoms with Gasteiger partial charge >= 0.3 is 5.97 Å². The molecule has 0 amide bonds. The fraction of sp³-hybridized carbons (Fsp3) is 0.0625. The number of fused-ring (bicyclic) bond motifs is 2. The highest BCUT2D eigenvalue weighted by atomic mass is 16.5. The highest BCUT2D eigenvalue weighted by Crippen LogP contribution is 2.30. The summed E-state index contributed by atoms with van der Waals surface area (Å²) < 4.78 is 4.79. The number of aromatic hydroxyl groups is 1. The van der Waals surface area contributed by atoms with Crippen LogP contribution in [-0.2, 0) is 4.74 Å². The molecule has 0 aromatic heterocycles. The topological polar surface area (TPSA) is 46.5 Å². The summed E-state index contributed by atoms with van der Waals surface area (Å²) in [7, 11) is 1.37. The molecule has 0 bridgehead atoms. The number of ether oxygens (including phenoxy) is 1. The van der Waals surface area contributed by atoms with Gasteiger partial charge in [0.05, 0.1) is 12.7 Å². The van der Waals surface area contributed by atoms with E-state index in [2.05, 4.69) is 0 Å². The molecular formula is C16H12O3. The Bertz CT molecular complexity index is 790. The van der Waals surface area contributed by atoms with Crippen molar-refractivity contribution in [2.45, 2.75) is 0 Å². The van der Waals surface area contributed by atoms with E-state index in [-0.39, 0.29) is 11.7 Å². The number of methoxy groups -OCH3 is 1. The van der Waals surface area contributed by atoms with Gasteiger partial charge in [-0.25, -0.2) is 4.79 Å². The summed E-state index contributed by atoms with van der Waals surface area (Å²) in [5.41, 5.74) is 0.533. The molecule has 3 nitrogen and oxygen atoms in total. The van der Waals surface area contributed by atoms with Gasteiger partial charge in [0.1, 0.15) is 5.75 Å². The van der Waals surface area contributed by atoms with E-state index in [1.807, 2.05) is 24.3 Å². The molecule has 0 atom stereocenters. The number of phenols is 1. The van der Waals surface area contributed by atoms with Gasteiger partial charge in [0, 0.05) is 5.39 Å².